The fraction of sp³-hybridized carbons (Fsp3) is 0. The van der Waals surface area contributed by atoms with E-state index in [9.17, 15) is 0 Å². The maximum atomic E-state index is 0. The third-order valence-electron chi connectivity index (χ3n) is 0. The number of hydrogen-bond acceptors (Lipinski definition) is 0. The van der Waals surface area contributed by atoms with Crippen molar-refractivity contribution in [2.75, 3.05) is 0 Å². The zero-order chi connectivity index (χ0) is 0. The molecule has 0 heterocycles. The predicted molar refractivity (Wildman–Crippen MR) is 5.75 cm³/mol. The van der Waals surface area contributed by atoms with Gasteiger partial charge in [0.2, 0.25) is 0 Å². The van der Waals surface area contributed by atoms with E-state index in [1.54, 1.807) is 0 Å². The van der Waals surface area contributed by atoms with Gasteiger partial charge in [-0.3, -0.25) is 0 Å². The second kappa shape index (κ2) is 17.1. The van der Waals surface area contributed by atoms with Gasteiger partial charge in [-0.15, -0.1) is 0 Å². The molecular weight excluding hydrogens is 213 g/mol. The van der Waals surface area contributed by atoms with Crippen LogP contribution in [-0.2, 0) is 50.3 Å². The van der Waals surface area contributed by atoms with Crippen LogP contribution in [0.1, 0.15) is 0 Å². The Balaban J connectivity index is 0. The molecule has 4 heteroatoms. The second-order valence-corrected chi connectivity index (χ2v) is 0. The summed E-state index contributed by atoms with van der Waals surface area (Å²) in [5, 5.41) is 0. The van der Waals surface area contributed by atoms with Crippen LogP contribution in [0.15, 0.2) is 0 Å². The average Bonchev–Trinajstić information content (AvgIpc) is 0. The monoisotopic (exact) mass is 212 g/mol. The average molecular weight is 213 g/mol. The van der Waals surface area contributed by atoms with E-state index in [0.29, 0.717) is 0 Å². The van der Waals surface area contributed by atoms with Gasteiger partial charge in [0.15, 0.2) is 0 Å². The molecule has 28 valence electrons. The molecule has 0 aromatic rings. The maximum absolute atomic E-state index is 0. The molecule has 4 radical (unpaired) electrons. The Hall–Kier alpha value is 2.78. The van der Waals surface area contributed by atoms with E-state index in [0.717, 1.165) is 0 Å². The second-order valence-electron chi connectivity index (χ2n) is 0. The van der Waals surface area contributed by atoms with Crippen molar-refractivity contribution < 1.29 is 50.3 Å². The molecule has 0 saturated heterocycles. The van der Waals surface area contributed by atoms with Crippen LogP contribution in [0.3, 0.4) is 0 Å². The molecule has 0 aromatic heterocycles. The van der Waals surface area contributed by atoms with Gasteiger partial charge in [-0.05, 0) is 0 Å². The van der Waals surface area contributed by atoms with Gasteiger partial charge in [-0.25, -0.2) is 0 Å². The van der Waals surface area contributed by atoms with Crippen molar-refractivity contribution >= 4 is 37.7 Å². The number of hydrogen-bond donors (Lipinski definition) is 0. The van der Waals surface area contributed by atoms with Gasteiger partial charge in [-0.1, -0.05) is 0 Å². The number of rotatable bonds is 0. The summed E-state index contributed by atoms with van der Waals surface area (Å²) >= 11 is 0. The van der Waals surface area contributed by atoms with Gasteiger partial charge < -0.3 is 0 Å². The van der Waals surface area contributed by atoms with Crippen LogP contribution in [0.2, 0.25) is 0 Å². The first-order valence-electron chi connectivity index (χ1n) is 0. The quantitative estimate of drug-likeness (QED) is 0.480. The largest absolute Gasteiger partial charge is 0 e. The molecule has 0 fully saturated rings. The summed E-state index contributed by atoms with van der Waals surface area (Å²) in [5.41, 5.74) is 0. The summed E-state index contributed by atoms with van der Waals surface area (Å²) in [6, 6.07) is 0. The molecule has 0 aromatic carbocycles. The molecule has 0 aliphatic carbocycles. The van der Waals surface area contributed by atoms with Crippen LogP contribution in [0.5, 0.6) is 0 Å². The third kappa shape index (κ3) is 8.84. The van der Waals surface area contributed by atoms with E-state index in [1.165, 1.54) is 0 Å². The minimum Gasteiger partial charge on any atom is 0 e. The molecule has 0 aliphatic rings. The standard InChI is InChI=1S/Ca.Co.Mn.Ni. The summed E-state index contributed by atoms with van der Waals surface area (Å²) in [7, 11) is 0. The van der Waals surface area contributed by atoms with Crippen molar-refractivity contribution in [2.24, 2.45) is 0 Å². The minimum atomic E-state index is 0. The summed E-state index contributed by atoms with van der Waals surface area (Å²) in [6.45, 7) is 0. The van der Waals surface area contributed by atoms with Crippen molar-refractivity contribution in [2.45, 2.75) is 0 Å². The van der Waals surface area contributed by atoms with E-state index in [-0.39, 0.29) is 88.1 Å². The van der Waals surface area contributed by atoms with E-state index in [1.807, 2.05) is 0 Å². The first-order valence-corrected chi connectivity index (χ1v) is 0. The summed E-state index contributed by atoms with van der Waals surface area (Å²) in [6.07, 6.45) is 0. The Kier molecular flexibility index (Phi) is 125. The fourth-order valence-electron chi connectivity index (χ4n) is 0. The van der Waals surface area contributed by atoms with Gasteiger partial charge in [0.25, 0.3) is 0 Å². The Morgan fingerprint density at radius 1 is 1.00 bits per heavy atom. The fourth-order valence-corrected chi connectivity index (χ4v) is 0. The van der Waals surface area contributed by atoms with Crippen LogP contribution >= 0.6 is 0 Å². The van der Waals surface area contributed by atoms with Gasteiger partial charge in [0.1, 0.15) is 0 Å². The first kappa shape index (κ1) is 29.3. The molecule has 0 spiro atoms. The van der Waals surface area contributed by atoms with Crippen LogP contribution in [0.4, 0.5) is 0 Å². The SMILES string of the molecule is [Ca].[Co].[Mn].[Ni]. The van der Waals surface area contributed by atoms with E-state index in [2.05, 4.69) is 0 Å². The van der Waals surface area contributed by atoms with Crippen molar-refractivity contribution in [3.63, 3.8) is 0 Å². The molecule has 0 aliphatic heterocycles. The Labute approximate surface area is 86.4 Å². The third-order valence-corrected chi connectivity index (χ3v) is 0. The van der Waals surface area contributed by atoms with Crippen molar-refractivity contribution in [1.82, 2.24) is 0 Å². The van der Waals surface area contributed by atoms with E-state index >= 15 is 0 Å². The molecule has 0 bridgehead atoms. The molecule has 0 atom stereocenters. The van der Waals surface area contributed by atoms with Crippen molar-refractivity contribution in [3.05, 3.63) is 0 Å². The van der Waals surface area contributed by atoms with Gasteiger partial charge in [-0.2, -0.15) is 0 Å². The summed E-state index contributed by atoms with van der Waals surface area (Å²) < 4.78 is 0. The molecule has 4 heavy (non-hydrogen) atoms. The Bertz CT molecular complexity index is 8.00. The van der Waals surface area contributed by atoms with Crippen LogP contribution < -0.4 is 0 Å². The van der Waals surface area contributed by atoms with Crippen LogP contribution in [0.25, 0.3) is 0 Å². The molecular formula is CaCoMnNi. The smallest absolute Gasteiger partial charge is 0 e. The zero-order valence-corrected chi connectivity index (χ0v) is 7.15. The van der Waals surface area contributed by atoms with Crippen molar-refractivity contribution in [1.29, 1.82) is 0 Å². The normalized spacial score (nSPS) is 0. The summed E-state index contributed by atoms with van der Waals surface area (Å²) in [5.74, 6) is 0. The maximum Gasteiger partial charge on any atom is 0 e. The summed E-state index contributed by atoms with van der Waals surface area (Å²) in [4.78, 5) is 0. The zero-order valence-electron chi connectivity index (χ0n) is 1.73. The Morgan fingerprint density at radius 3 is 1.00 bits per heavy atom. The van der Waals surface area contributed by atoms with Gasteiger partial charge in [0, 0.05) is 88.1 Å². The van der Waals surface area contributed by atoms with Gasteiger partial charge in [0.05, 0.1) is 0 Å². The van der Waals surface area contributed by atoms with Crippen molar-refractivity contribution in [3.8, 4) is 0 Å². The topological polar surface area (TPSA) is 0 Å². The predicted octanol–water partition coefficient (Wildman–Crippen LogP) is -0.388. The molecule has 0 N–H and O–H groups in total. The first-order chi connectivity index (χ1) is 0. The van der Waals surface area contributed by atoms with Crippen LogP contribution in [-0.4, -0.2) is 37.7 Å². The molecule has 0 unspecified atom stereocenters. The van der Waals surface area contributed by atoms with E-state index in [4.69, 9.17) is 0 Å². The molecule has 0 nitrogen and oxygen atoms in total. The van der Waals surface area contributed by atoms with Gasteiger partial charge >= 0.3 is 0 Å². The van der Waals surface area contributed by atoms with Crippen LogP contribution in [0, 0.1) is 0 Å². The molecule has 0 saturated carbocycles. The minimum absolute atomic E-state index is 0. The molecule has 0 amide bonds. The Morgan fingerprint density at radius 2 is 1.00 bits per heavy atom. The van der Waals surface area contributed by atoms with E-state index < -0.39 is 0 Å². The molecule has 0 rings (SSSR count).